The summed E-state index contributed by atoms with van der Waals surface area (Å²) in [6.07, 6.45) is -24.3. The van der Waals surface area contributed by atoms with Gasteiger partial charge in [0.1, 0.15) is 73.2 Å². The summed E-state index contributed by atoms with van der Waals surface area (Å²) in [4.78, 5) is 35.0. The van der Waals surface area contributed by atoms with E-state index >= 15 is 0 Å². The SMILES string of the molecule is COC1OC(CO)C(OC2OC(CO)C(OC3OC(CO)C(OC4OC(CO)C(OC)C(O)C4NCCC(=O)I)C(O)C3N)C(O)C2NCC(CCC(=O)O)C(=O)O)C(O)C1N. The maximum absolute atomic E-state index is 12.1. The molecular weight excluding hydrogens is 955 g/mol. The van der Waals surface area contributed by atoms with Crippen LogP contribution >= 0.6 is 22.6 Å². The fourth-order valence-electron chi connectivity index (χ4n) is 7.80. The lowest BCUT2D eigenvalue weighted by Gasteiger charge is -2.50. The predicted octanol–water partition coefficient (Wildman–Crippen LogP) is -7.40. The maximum Gasteiger partial charge on any atom is 0.307 e. The number of halogens is 1. The number of carboxylic acids is 2. The van der Waals surface area contributed by atoms with E-state index in [1.807, 2.05) is 0 Å². The van der Waals surface area contributed by atoms with Crippen LogP contribution in [0.2, 0.25) is 0 Å². The van der Waals surface area contributed by atoms with Crippen LogP contribution in [0.4, 0.5) is 0 Å². The largest absolute Gasteiger partial charge is 0.481 e. The molecular formula is C35H61IN4O22. The maximum atomic E-state index is 12.1. The first-order valence-corrected chi connectivity index (χ1v) is 20.9. The van der Waals surface area contributed by atoms with Crippen LogP contribution in [0.25, 0.3) is 0 Å². The molecule has 26 nitrogen and oxygen atoms in total. The second-order valence-corrected chi connectivity index (χ2v) is 16.4. The van der Waals surface area contributed by atoms with E-state index < -0.39 is 180 Å². The average Bonchev–Trinajstić information content (AvgIpc) is 3.23. The minimum Gasteiger partial charge on any atom is -0.481 e. The lowest BCUT2D eigenvalue weighted by molar-refractivity contribution is -0.361. The van der Waals surface area contributed by atoms with E-state index in [0.29, 0.717) is 0 Å². The molecule has 0 aromatic carbocycles. The Balaban J connectivity index is 1.58. The first kappa shape index (κ1) is 53.1. The van der Waals surface area contributed by atoms with Gasteiger partial charge in [-0.25, -0.2) is 0 Å². The van der Waals surface area contributed by atoms with Crippen molar-refractivity contribution in [2.24, 2.45) is 17.4 Å². The van der Waals surface area contributed by atoms with E-state index in [0.717, 1.165) is 0 Å². The molecule has 0 spiro atoms. The van der Waals surface area contributed by atoms with Crippen LogP contribution in [0.3, 0.4) is 0 Å². The summed E-state index contributed by atoms with van der Waals surface area (Å²) < 4.78 is 52.0. The molecule has 4 fully saturated rings. The van der Waals surface area contributed by atoms with Crippen LogP contribution in [0, 0.1) is 5.92 Å². The van der Waals surface area contributed by atoms with E-state index in [2.05, 4.69) is 10.6 Å². The number of aliphatic hydroxyl groups is 8. The van der Waals surface area contributed by atoms with E-state index in [1.165, 1.54) is 14.2 Å². The molecule has 0 aromatic rings. The molecule has 0 bridgehead atoms. The van der Waals surface area contributed by atoms with Gasteiger partial charge in [-0.05, 0) is 29.0 Å². The molecule has 0 radical (unpaired) electrons. The van der Waals surface area contributed by atoms with Crippen molar-refractivity contribution in [3.05, 3.63) is 0 Å². The Morgan fingerprint density at radius 1 is 0.613 bits per heavy atom. The molecule has 0 aliphatic carbocycles. The summed E-state index contributed by atoms with van der Waals surface area (Å²) in [5, 5.41) is 112. The molecule has 16 N–H and O–H groups in total. The van der Waals surface area contributed by atoms with Crippen molar-refractivity contribution < 1.29 is 108 Å². The summed E-state index contributed by atoms with van der Waals surface area (Å²) in [6, 6.07) is -5.38. The van der Waals surface area contributed by atoms with Crippen molar-refractivity contribution in [2.45, 2.75) is 142 Å². The molecule has 27 heteroatoms. The number of carbonyl (C=O) groups is 3. The molecule has 21 atom stereocenters. The van der Waals surface area contributed by atoms with Gasteiger partial charge in [-0.15, -0.1) is 0 Å². The van der Waals surface area contributed by atoms with Crippen molar-refractivity contribution in [1.29, 1.82) is 0 Å². The third-order valence-corrected chi connectivity index (χ3v) is 11.8. The molecule has 62 heavy (non-hydrogen) atoms. The van der Waals surface area contributed by atoms with Crippen LogP contribution in [0.15, 0.2) is 0 Å². The van der Waals surface area contributed by atoms with Crippen molar-refractivity contribution >= 4 is 38.3 Å². The second-order valence-electron chi connectivity index (χ2n) is 15.2. The Morgan fingerprint density at radius 3 is 1.48 bits per heavy atom. The van der Waals surface area contributed by atoms with Crippen LogP contribution in [0.1, 0.15) is 19.3 Å². The molecule has 0 amide bonds. The molecule has 0 aromatic heterocycles. The van der Waals surface area contributed by atoms with Crippen molar-refractivity contribution in [3.63, 3.8) is 0 Å². The number of ether oxygens (including phenoxy) is 9. The van der Waals surface area contributed by atoms with E-state index in [1.54, 1.807) is 22.6 Å². The summed E-state index contributed by atoms with van der Waals surface area (Å²) in [5.41, 5.74) is 12.5. The topological polar surface area (TPSA) is 413 Å². The number of carboxylic acid groups (broad SMARTS) is 2. The second kappa shape index (κ2) is 24.9. The number of aliphatic hydroxyl groups excluding tert-OH is 8. The minimum absolute atomic E-state index is 0.0542. The number of hydrogen-bond acceptors (Lipinski definition) is 24. The number of nitrogens with two attached hydrogens (primary N) is 2. The summed E-state index contributed by atoms with van der Waals surface area (Å²) in [5.74, 6) is -3.96. The van der Waals surface area contributed by atoms with E-state index in [-0.39, 0.29) is 23.2 Å². The van der Waals surface area contributed by atoms with Crippen molar-refractivity contribution in [2.75, 3.05) is 53.7 Å². The molecule has 4 rings (SSSR count). The van der Waals surface area contributed by atoms with Crippen molar-refractivity contribution in [3.8, 4) is 0 Å². The van der Waals surface area contributed by atoms with E-state index in [4.69, 9.17) is 54.1 Å². The Bertz CT molecular complexity index is 1410. The molecule has 4 saturated heterocycles. The Labute approximate surface area is 369 Å². The van der Waals surface area contributed by atoms with Crippen molar-refractivity contribution in [1.82, 2.24) is 10.6 Å². The van der Waals surface area contributed by atoms with E-state index in [9.17, 15) is 65.4 Å². The smallest absolute Gasteiger partial charge is 0.307 e. The number of methoxy groups -OCH3 is 2. The Morgan fingerprint density at radius 2 is 1.03 bits per heavy atom. The normalized spacial score (nSPS) is 42.0. The fraction of sp³-hybridized carbons (Fsp3) is 0.914. The fourth-order valence-corrected chi connectivity index (χ4v) is 8.07. The lowest BCUT2D eigenvalue weighted by Crippen LogP contribution is -2.71. The average molecular weight is 1020 g/mol. The third kappa shape index (κ3) is 12.9. The number of rotatable bonds is 23. The van der Waals surface area contributed by atoms with Gasteiger partial charge < -0.3 is 116 Å². The molecule has 4 heterocycles. The van der Waals surface area contributed by atoms with Gasteiger partial charge in [0.2, 0.25) is 0 Å². The minimum atomic E-state index is -1.84. The number of aliphatic carboxylic acids is 2. The number of hydrogen-bond donors (Lipinski definition) is 14. The lowest BCUT2D eigenvalue weighted by atomic mass is 9.93. The molecule has 4 aliphatic rings. The summed E-state index contributed by atoms with van der Waals surface area (Å²) >= 11 is 1.60. The van der Waals surface area contributed by atoms with Gasteiger partial charge in [-0.1, -0.05) is 0 Å². The van der Waals surface area contributed by atoms with Gasteiger partial charge in [0, 0.05) is 40.2 Å². The van der Waals surface area contributed by atoms with Gasteiger partial charge in [0.05, 0.1) is 56.5 Å². The van der Waals surface area contributed by atoms with Crippen LogP contribution in [-0.2, 0) is 57.0 Å². The van der Waals surface area contributed by atoms with Gasteiger partial charge in [-0.3, -0.25) is 14.4 Å². The zero-order chi connectivity index (χ0) is 46.0. The number of nitrogens with one attached hydrogen (secondary N) is 2. The van der Waals surface area contributed by atoms with Gasteiger partial charge in [0.25, 0.3) is 0 Å². The quantitative estimate of drug-likeness (QED) is 0.0334. The highest BCUT2D eigenvalue weighted by Gasteiger charge is 2.55. The standard InChI is InChI=1S/C35H61IN4O22/c1-54-27-13(8-41)58-34(21(25(27)50)39-6-5-17(36)45)61-29-15(10-43)57-33(20(38)24(29)49)60-30-16(11-44)59-35(62-28-14(9-42)56-32(55-2)19(37)23(28)48)22(26(30)51)40-7-12(31(52)53)3-4-18(46)47/h12-16,19-30,32-35,39-44,48-51H,3-11,37-38H2,1-2H3,(H,46,47)(H,52,53). The highest BCUT2D eigenvalue weighted by molar-refractivity contribution is 14.1. The first-order chi connectivity index (χ1) is 29.5. The highest BCUT2D eigenvalue weighted by atomic mass is 127. The number of carbonyl (C=O) groups excluding carboxylic acids is 1. The molecule has 0 saturated carbocycles. The van der Waals surface area contributed by atoms with Crippen LogP contribution in [-0.4, -0.2) is 243 Å². The summed E-state index contributed by atoms with van der Waals surface area (Å²) in [6.45, 7) is -3.46. The Hall–Kier alpha value is -1.50. The summed E-state index contributed by atoms with van der Waals surface area (Å²) in [7, 11) is 2.55. The zero-order valence-electron chi connectivity index (χ0n) is 33.9. The zero-order valence-corrected chi connectivity index (χ0v) is 36.0. The third-order valence-electron chi connectivity index (χ3n) is 11.2. The first-order valence-electron chi connectivity index (χ1n) is 19.9. The molecule has 360 valence electrons. The van der Waals surface area contributed by atoms with Gasteiger partial charge >= 0.3 is 11.9 Å². The molecule has 4 aliphatic heterocycles. The Kier molecular flexibility index (Phi) is 21.3. The van der Waals surface area contributed by atoms with Gasteiger partial charge in [0.15, 0.2) is 29.0 Å². The monoisotopic (exact) mass is 1020 g/mol. The van der Waals surface area contributed by atoms with Gasteiger partial charge in [-0.2, -0.15) is 0 Å². The molecule has 21 unspecified atom stereocenters. The van der Waals surface area contributed by atoms with Crippen LogP contribution in [0.5, 0.6) is 0 Å². The highest BCUT2D eigenvalue weighted by Crippen LogP contribution is 2.34. The predicted molar refractivity (Wildman–Crippen MR) is 211 cm³/mol. The van der Waals surface area contributed by atoms with Crippen LogP contribution < -0.4 is 22.1 Å².